The van der Waals surface area contributed by atoms with Crippen LogP contribution in [0.4, 0.5) is 4.39 Å². The normalized spacial score (nSPS) is 17.4. The molecule has 2 heterocycles. The number of aromatic nitrogens is 1. The maximum atomic E-state index is 15.6. The molecule has 0 unspecified atom stereocenters. The third kappa shape index (κ3) is 7.31. The molecule has 1 aliphatic carbocycles. The standard InChI is InChI=1S/C31H39FN4O3.C2H4O2/c1-18-13-34-9-10-35(18)14-22-15-36(16-31(3,4)17-37)30(39)23-8-7-21(11-25(22)23)24-12-26(29(33)38)27(20-5-6-20)28(32)19(24)2;1-2(3)4/h7-8,11-12,15,18,20,34,37H,5-6,9-10,13-14,16-17H2,1-4H3,(H2,33,38);1H3,(H,3,4)/t18-;/m1./s1. The number of nitrogens with one attached hydrogen (secondary N) is 1. The molecule has 2 fully saturated rings. The van der Waals surface area contributed by atoms with Gasteiger partial charge in [0.25, 0.3) is 11.5 Å². The fourth-order valence-electron chi connectivity index (χ4n) is 5.77. The summed E-state index contributed by atoms with van der Waals surface area (Å²) in [4.78, 5) is 37.3. The van der Waals surface area contributed by atoms with Gasteiger partial charge in [0.05, 0.1) is 0 Å². The lowest BCUT2D eigenvalue weighted by atomic mass is 9.90. The number of nitrogens with two attached hydrogens (primary N) is 1. The van der Waals surface area contributed by atoms with Crippen molar-refractivity contribution in [3.8, 4) is 11.1 Å². The topological polar surface area (TPSA) is 138 Å². The van der Waals surface area contributed by atoms with Crippen LogP contribution >= 0.6 is 0 Å². The number of rotatable bonds is 8. The highest BCUT2D eigenvalue weighted by molar-refractivity contribution is 5.97. The van der Waals surface area contributed by atoms with Crippen LogP contribution in [0.1, 0.15) is 73.5 Å². The van der Waals surface area contributed by atoms with Gasteiger partial charge in [0.2, 0.25) is 5.91 Å². The largest absolute Gasteiger partial charge is 0.481 e. The Bertz CT molecular complexity index is 1590. The fraction of sp³-hybridized carbons (Fsp3) is 0.485. The number of nitrogens with zero attached hydrogens (tertiary/aromatic N) is 2. The van der Waals surface area contributed by atoms with Gasteiger partial charge >= 0.3 is 0 Å². The summed E-state index contributed by atoms with van der Waals surface area (Å²) in [6, 6.07) is 7.63. The highest BCUT2D eigenvalue weighted by Crippen LogP contribution is 2.45. The van der Waals surface area contributed by atoms with Crippen molar-refractivity contribution in [3.05, 3.63) is 68.9 Å². The van der Waals surface area contributed by atoms with Crippen molar-refractivity contribution in [2.24, 2.45) is 11.1 Å². The van der Waals surface area contributed by atoms with Crippen LogP contribution in [0.5, 0.6) is 0 Å². The number of benzene rings is 2. The van der Waals surface area contributed by atoms with Crippen molar-refractivity contribution in [1.82, 2.24) is 14.8 Å². The number of piperazine rings is 1. The summed E-state index contributed by atoms with van der Waals surface area (Å²) in [5, 5.41) is 22.1. The van der Waals surface area contributed by atoms with E-state index in [1.807, 2.05) is 32.2 Å². The first-order valence-corrected chi connectivity index (χ1v) is 14.8. The number of primary amides is 1. The Morgan fingerprint density at radius 2 is 1.86 bits per heavy atom. The molecule has 9 nitrogen and oxygen atoms in total. The van der Waals surface area contributed by atoms with E-state index < -0.39 is 17.3 Å². The highest BCUT2D eigenvalue weighted by atomic mass is 19.1. The molecule has 3 aromatic rings. The van der Waals surface area contributed by atoms with E-state index in [0.29, 0.717) is 41.2 Å². The number of carbonyl (C=O) groups is 2. The molecule has 5 N–H and O–H groups in total. The lowest BCUT2D eigenvalue weighted by molar-refractivity contribution is -0.134. The van der Waals surface area contributed by atoms with Gasteiger partial charge in [0.1, 0.15) is 5.82 Å². The van der Waals surface area contributed by atoms with E-state index in [-0.39, 0.29) is 29.5 Å². The molecule has 0 spiro atoms. The summed E-state index contributed by atoms with van der Waals surface area (Å²) in [5.74, 6) is -1.77. The highest BCUT2D eigenvalue weighted by Gasteiger charge is 2.32. The number of hydrogen-bond donors (Lipinski definition) is 4. The Morgan fingerprint density at radius 1 is 1.19 bits per heavy atom. The quantitative estimate of drug-likeness (QED) is 0.309. The van der Waals surface area contributed by atoms with Gasteiger partial charge < -0.3 is 25.8 Å². The Labute approximate surface area is 251 Å². The predicted molar refractivity (Wildman–Crippen MR) is 166 cm³/mol. The molecular weight excluding hydrogens is 551 g/mol. The van der Waals surface area contributed by atoms with E-state index in [2.05, 4.69) is 17.1 Å². The third-order valence-electron chi connectivity index (χ3n) is 8.32. The zero-order valence-corrected chi connectivity index (χ0v) is 25.7. The first-order chi connectivity index (χ1) is 20.2. The molecule has 1 aromatic heterocycles. The molecule has 1 amide bonds. The molecule has 2 aliphatic rings. The van der Waals surface area contributed by atoms with Crippen LogP contribution in [0, 0.1) is 18.2 Å². The van der Waals surface area contributed by atoms with Crippen LogP contribution in [0.2, 0.25) is 0 Å². The summed E-state index contributed by atoms with van der Waals surface area (Å²) in [5.41, 5.74) is 8.63. The SMILES string of the molecule is CC(=O)O.Cc1c(-c2ccc3c(=O)n(CC(C)(C)CO)cc(CN4CCNC[C@H]4C)c3c2)cc(C(N)=O)c(C2CC2)c1F. The van der Waals surface area contributed by atoms with Crippen LogP contribution in [-0.2, 0) is 17.9 Å². The van der Waals surface area contributed by atoms with Gasteiger partial charge in [-0.2, -0.15) is 0 Å². The van der Waals surface area contributed by atoms with E-state index in [1.54, 1.807) is 23.6 Å². The van der Waals surface area contributed by atoms with Gasteiger partial charge in [0.15, 0.2) is 0 Å². The van der Waals surface area contributed by atoms with Gasteiger partial charge in [-0.15, -0.1) is 0 Å². The number of aliphatic hydroxyl groups excluding tert-OH is 1. The van der Waals surface area contributed by atoms with Gasteiger partial charge in [0, 0.05) is 80.4 Å². The second-order valence-corrected chi connectivity index (χ2v) is 12.7. The number of fused-ring (bicyclic) bond motifs is 1. The van der Waals surface area contributed by atoms with Gasteiger partial charge in [-0.3, -0.25) is 19.3 Å². The molecule has 1 saturated heterocycles. The minimum Gasteiger partial charge on any atom is -0.481 e. The van der Waals surface area contributed by atoms with Crippen LogP contribution in [0.25, 0.3) is 21.9 Å². The van der Waals surface area contributed by atoms with Crippen molar-refractivity contribution in [1.29, 1.82) is 0 Å². The lowest BCUT2D eigenvalue weighted by Gasteiger charge is -2.34. The number of pyridine rings is 1. The van der Waals surface area contributed by atoms with Crippen molar-refractivity contribution >= 4 is 22.6 Å². The number of carboxylic acids is 1. The van der Waals surface area contributed by atoms with E-state index in [9.17, 15) is 14.7 Å². The second kappa shape index (κ2) is 13.0. The molecule has 1 atom stereocenters. The average Bonchev–Trinajstić information content (AvgIpc) is 3.78. The third-order valence-corrected chi connectivity index (χ3v) is 8.32. The number of carboxylic acid groups (broad SMARTS) is 1. The minimum absolute atomic E-state index is 0.0372. The Morgan fingerprint density at radius 3 is 2.44 bits per heavy atom. The Balaban J connectivity index is 0.000000996. The predicted octanol–water partition coefficient (Wildman–Crippen LogP) is 4.00. The smallest absolute Gasteiger partial charge is 0.300 e. The molecule has 232 valence electrons. The molecule has 2 aromatic carbocycles. The maximum absolute atomic E-state index is 15.6. The van der Waals surface area contributed by atoms with E-state index in [0.717, 1.165) is 55.9 Å². The second-order valence-electron chi connectivity index (χ2n) is 12.7. The maximum Gasteiger partial charge on any atom is 0.300 e. The average molecular weight is 595 g/mol. The van der Waals surface area contributed by atoms with Crippen molar-refractivity contribution in [2.45, 2.75) is 72.5 Å². The minimum atomic E-state index is -0.833. The molecule has 43 heavy (non-hydrogen) atoms. The molecular formula is C33H43FN4O5. The Hall–Kier alpha value is -3.60. The molecule has 5 rings (SSSR count). The summed E-state index contributed by atoms with van der Waals surface area (Å²) >= 11 is 0. The fourth-order valence-corrected chi connectivity index (χ4v) is 5.77. The van der Waals surface area contributed by atoms with Crippen LogP contribution in [0.3, 0.4) is 0 Å². The lowest BCUT2D eigenvalue weighted by Crippen LogP contribution is -2.49. The molecule has 0 bridgehead atoms. The number of hydrogen-bond acceptors (Lipinski definition) is 6. The molecule has 1 saturated carbocycles. The number of aliphatic hydroxyl groups is 1. The number of amides is 1. The molecule has 0 radical (unpaired) electrons. The van der Waals surface area contributed by atoms with Gasteiger partial charge in [-0.05, 0) is 78.4 Å². The van der Waals surface area contributed by atoms with Gasteiger partial charge in [-0.1, -0.05) is 19.9 Å². The number of aliphatic carboxylic acids is 1. The zero-order chi connectivity index (χ0) is 31.6. The monoisotopic (exact) mass is 594 g/mol. The van der Waals surface area contributed by atoms with Crippen LogP contribution < -0.4 is 16.6 Å². The van der Waals surface area contributed by atoms with Gasteiger partial charge in [-0.25, -0.2) is 4.39 Å². The van der Waals surface area contributed by atoms with E-state index in [4.69, 9.17) is 15.6 Å². The summed E-state index contributed by atoms with van der Waals surface area (Å²) in [6.45, 7) is 12.6. The van der Waals surface area contributed by atoms with Crippen LogP contribution in [0.15, 0.2) is 35.3 Å². The van der Waals surface area contributed by atoms with Crippen molar-refractivity contribution in [2.75, 3.05) is 26.2 Å². The van der Waals surface area contributed by atoms with Crippen molar-refractivity contribution in [3.63, 3.8) is 0 Å². The number of carbonyl (C=O) groups excluding carboxylic acids is 1. The summed E-state index contributed by atoms with van der Waals surface area (Å²) in [6.07, 6.45) is 3.64. The Kier molecular flexibility index (Phi) is 9.73. The summed E-state index contributed by atoms with van der Waals surface area (Å²) in [7, 11) is 0. The van der Waals surface area contributed by atoms with E-state index in [1.165, 1.54) is 0 Å². The van der Waals surface area contributed by atoms with Crippen LogP contribution in [-0.4, -0.2) is 63.8 Å². The molecule has 10 heteroatoms. The van der Waals surface area contributed by atoms with Crippen molar-refractivity contribution < 1.29 is 24.2 Å². The van der Waals surface area contributed by atoms with E-state index >= 15 is 4.39 Å². The zero-order valence-electron chi connectivity index (χ0n) is 25.7. The number of halogens is 1. The first kappa shape index (κ1) is 32.3. The first-order valence-electron chi connectivity index (χ1n) is 14.8. The molecule has 1 aliphatic heterocycles. The summed E-state index contributed by atoms with van der Waals surface area (Å²) < 4.78 is 17.3.